The minimum Gasteiger partial charge on any atom is -0.462 e. The zero-order chi connectivity index (χ0) is 71.8. The number of carbonyl (C=O) groups excluding carboxylic acids is 4. The van der Waals surface area contributed by atoms with Gasteiger partial charge in [0, 0.05) is 25.7 Å². The number of aliphatic hydroxyl groups is 1. The highest BCUT2D eigenvalue weighted by Crippen LogP contribution is 2.45. The molecule has 0 rings (SSSR count). The molecule has 0 fully saturated rings. The highest BCUT2D eigenvalue weighted by molar-refractivity contribution is 7.47. The molecule has 0 saturated carbocycles. The quantitative estimate of drug-likeness (QED) is 0.0169. The van der Waals surface area contributed by atoms with Gasteiger partial charge < -0.3 is 33.8 Å². The number of carbonyl (C=O) groups is 4. The fourth-order valence-electron chi connectivity index (χ4n) is 9.71. The topological polar surface area (TPSA) is 237 Å². The summed E-state index contributed by atoms with van der Waals surface area (Å²) in [7, 11) is -9.97. The molecule has 0 heterocycles. The molecule has 0 aliphatic carbocycles. The summed E-state index contributed by atoms with van der Waals surface area (Å²) in [5, 5.41) is 10.6. The molecule has 0 aromatic carbocycles. The Balaban J connectivity index is 5.42. The number of esters is 4. The second-order valence-corrected chi connectivity index (χ2v) is 27.7. The van der Waals surface area contributed by atoms with E-state index in [9.17, 15) is 43.2 Å². The first-order chi connectivity index (χ1) is 47.7. The van der Waals surface area contributed by atoms with Gasteiger partial charge in [-0.3, -0.25) is 37.3 Å². The largest absolute Gasteiger partial charge is 0.472 e. The SMILES string of the molecule is CC/C=C\C/C=C\C/C=C\C/C=C\CCCCC(=O)OCC(COP(=O)(O)OCC(O)COP(=O)(O)OCC(COC(=O)CCCC/C=C\C/C=C\C/C=C\C/C=C\CC)OC(=O)CCCCCCCCCCCCCCCCC)OC(=O)CCCCCCC/C=C\C/C=C\CCC. The van der Waals surface area contributed by atoms with Crippen LogP contribution in [0, 0.1) is 0 Å². The van der Waals surface area contributed by atoms with Gasteiger partial charge in [0.15, 0.2) is 12.2 Å². The lowest BCUT2D eigenvalue weighted by atomic mass is 10.0. The predicted octanol–water partition coefficient (Wildman–Crippen LogP) is 21.6. The molecule has 5 unspecified atom stereocenters. The number of allylic oxidation sites excluding steroid dienone is 20. The van der Waals surface area contributed by atoms with Gasteiger partial charge in [0.1, 0.15) is 19.3 Å². The van der Waals surface area contributed by atoms with Crippen molar-refractivity contribution in [3.05, 3.63) is 122 Å². The summed E-state index contributed by atoms with van der Waals surface area (Å²) in [4.78, 5) is 72.8. The molecular formula is C79H134O17P2. The number of unbranched alkanes of at least 4 members (excludes halogenated alkanes) is 24. The number of hydrogen-bond donors (Lipinski definition) is 3. The van der Waals surface area contributed by atoms with Gasteiger partial charge in [-0.1, -0.05) is 265 Å². The number of rotatable bonds is 70. The van der Waals surface area contributed by atoms with Crippen molar-refractivity contribution in [2.75, 3.05) is 39.6 Å². The Morgan fingerprint density at radius 1 is 0.296 bits per heavy atom. The molecule has 0 bridgehead atoms. The number of ether oxygens (including phenoxy) is 4. The van der Waals surface area contributed by atoms with Crippen molar-refractivity contribution in [2.45, 2.75) is 316 Å². The van der Waals surface area contributed by atoms with Gasteiger partial charge in [0.2, 0.25) is 0 Å². The summed E-state index contributed by atoms with van der Waals surface area (Å²) >= 11 is 0. The van der Waals surface area contributed by atoms with Gasteiger partial charge in [-0.05, 0) is 128 Å². The van der Waals surface area contributed by atoms with E-state index in [2.05, 4.69) is 149 Å². The predicted molar refractivity (Wildman–Crippen MR) is 399 cm³/mol. The van der Waals surface area contributed by atoms with Crippen LogP contribution in [0.15, 0.2) is 122 Å². The lowest BCUT2D eigenvalue weighted by Gasteiger charge is -2.21. The maximum atomic E-state index is 13.1. The second-order valence-electron chi connectivity index (χ2n) is 24.8. The molecule has 0 saturated heterocycles. The van der Waals surface area contributed by atoms with Gasteiger partial charge in [0.05, 0.1) is 26.4 Å². The monoisotopic (exact) mass is 1420 g/mol. The number of phosphoric ester groups is 2. The van der Waals surface area contributed by atoms with E-state index in [1.165, 1.54) is 64.2 Å². The molecule has 562 valence electrons. The Hall–Kier alpha value is -4.54. The highest BCUT2D eigenvalue weighted by atomic mass is 31.2. The molecule has 0 aromatic heterocycles. The number of aliphatic hydroxyl groups excluding tert-OH is 1. The van der Waals surface area contributed by atoms with E-state index in [1.807, 2.05) is 0 Å². The molecule has 0 aliphatic heterocycles. The zero-order valence-corrected chi connectivity index (χ0v) is 63.0. The van der Waals surface area contributed by atoms with Crippen LogP contribution in [0.2, 0.25) is 0 Å². The maximum absolute atomic E-state index is 13.1. The van der Waals surface area contributed by atoms with E-state index in [0.717, 1.165) is 154 Å². The Morgan fingerprint density at radius 3 is 0.878 bits per heavy atom. The van der Waals surface area contributed by atoms with E-state index in [-0.39, 0.29) is 25.7 Å². The van der Waals surface area contributed by atoms with Gasteiger partial charge in [-0.15, -0.1) is 0 Å². The van der Waals surface area contributed by atoms with Gasteiger partial charge in [0.25, 0.3) is 0 Å². The molecule has 0 amide bonds. The van der Waals surface area contributed by atoms with Crippen LogP contribution >= 0.6 is 15.6 Å². The summed E-state index contributed by atoms with van der Waals surface area (Å²) in [5.74, 6) is -2.28. The van der Waals surface area contributed by atoms with Crippen molar-refractivity contribution in [3.63, 3.8) is 0 Å². The summed E-state index contributed by atoms with van der Waals surface area (Å²) in [6.45, 7) is 4.47. The number of phosphoric acid groups is 2. The minimum absolute atomic E-state index is 0.0666. The molecule has 0 spiro atoms. The molecule has 5 atom stereocenters. The standard InChI is InChI=1S/C79H134O17P2/c1-5-9-13-17-21-25-29-33-36-40-43-47-51-55-59-63-76(81)89-69-74(95-78(83)65-61-57-53-49-45-39-32-28-24-20-16-12-8-4)71-93-97(85,86)91-67-73(80)68-92-98(87,88)94-72-75(96-79(84)66-62-58-54-50-46-42-38-35-31-27-23-19-15-11-7-3)70-90-77(82)64-60-56-52-48-44-41-37-34-30-26-22-18-14-10-6-2/h9-10,13-14,16,20-22,25-26,28,32-34,36-37,43-44,47-48,73-75,80H,5-8,11-12,15,17-19,23-24,27,29-31,35,38-42,45-46,49-72H2,1-4H3,(H,85,86)(H,87,88)/b13-9-,14-10-,20-16-,25-21-,26-22-,32-28-,36-33-,37-34-,47-43-,48-44-. The van der Waals surface area contributed by atoms with Crippen LogP contribution in [0.4, 0.5) is 0 Å². The van der Waals surface area contributed by atoms with Crippen LogP contribution < -0.4 is 0 Å². The Morgan fingerprint density at radius 2 is 0.551 bits per heavy atom. The molecular weight excluding hydrogens is 1280 g/mol. The van der Waals surface area contributed by atoms with Gasteiger partial charge in [-0.2, -0.15) is 0 Å². The first-order valence-electron chi connectivity index (χ1n) is 37.8. The third-order valence-corrected chi connectivity index (χ3v) is 17.3. The first kappa shape index (κ1) is 93.5. The van der Waals surface area contributed by atoms with Crippen LogP contribution in [-0.4, -0.2) is 96.7 Å². The Bertz CT molecular complexity index is 2340. The van der Waals surface area contributed by atoms with E-state index in [0.29, 0.717) is 25.7 Å². The molecule has 0 aromatic rings. The molecule has 17 nitrogen and oxygen atoms in total. The zero-order valence-electron chi connectivity index (χ0n) is 61.2. The van der Waals surface area contributed by atoms with Crippen molar-refractivity contribution in [1.29, 1.82) is 0 Å². The summed E-state index contributed by atoms with van der Waals surface area (Å²) in [5.41, 5.74) is 0. The first-order valence-corrected chi connectivity index (χ1v) is 40.8. The summed E-state index contributed by atoms with van der Waals surface area (Å²) in [6, 6.07) is 0. The number of hydrogen-bond acceptors (Lipinski definition) is 15. The summed E-state index contributed by atoms with van der Waals surface area (Å²) < 4.78 is 68.4. The van der Waals surface area contributed by atoms with Crippen LogP contribution in [-0.2, 0) is 65.4 Å². The Labute approximate surface area is 593 Å². The van der Waals surface area contributed by atoms with Crippen LogP contribution in [0.25, 0.3) is 0 Å². The molecule has 0 radical (unpaired) electrons. The average Bonchev–Trinajstić information content (AvgIpc) is 0.959. The minimum atomic E-state index is -4.99. The molecule has 19 heteroatoms. The van der Waals surface area contributed by atoms with Crippen molar-refractivity contribution in [2.24, 2.45) is 0 Å². The molecule has 98 heavy (non-hydrogen) atoms. The van der Waals surface area contributed by atoms with E-state index in [1.54, 1.807) is 0 Å². The van der Waals surface area contributed by atoms with Gasteiger partial charge >= 0.3 is 39.5 Å². The fraction of sp³-hybridized carbons (Fsp3) is 0.696. The lowest BCUT2D eigenvalue weighted by molar-refractivity contribution is -0.161. The molecule has 0 aliphatic rings. The summed E-state index contributed by atoms with van der Waals surface area (Å²) in [6.07, 6.45) is 76.3. The highest BCUT2D eigenvalue weighted by Gasteiger charge is 2.30. The third-order valence-electron chi connectivity index (χ3n) is 15.4. The average molecular weight is 1420 g/mol. The second kappa shape index (κ2) is 70.9. The van der Waals surface area contributed by atoms with E-state index in [4.69, 9.17) is 37.0 Å². The smallest absolute Gasteiger partial charge is 0.462 e. The van der Waals surface area contributed by atoms with Crippen LogP contribution in [0.5, 0.6) is 0 Å². The van der Waals surface area contributed by atoms with Crippen LogP contribution in [0.3, 0.4) is 0 Å². The van der Waals surface area contributed by atoms with E-state index >= 15 is 0 Å². The van der Waals surface area contributed by atoms with Gasteiger partial charge in [-0.25, -0.2) is 9.13 Å². The van der Waals surface area contributed by atoms with E-state index < -0.39 is 97.5 Å². The fourth-order valence-corrected chi connectivity index (χ4v) is 11.3. The lowest BCUT2D eigenvalue weighted by Crippen LogP contribution is -2.30. The van der Waals surface area contributed by atoms with Crippen molar-refractivity contribution in [3.8, 4) is 0 Å². The van der Waals surface area contributed by atoms with Crippen molar-refractivity contribution < 1.29 is 80.2 Å². The van der Waals surface area contributed by atoms with Crippen molar-refractivity contribution in [1.82, 2.24) is 0 Å². The van der Waals surface area contributed by atoms with Crippen LogP contribution in [0.1, 0.15) is 297 Å². The molecule has 3 N–H and O–H groups in total. The van der Waals surface area contributed by atoms with Crippen molar-refractivity contribution >= 4 is 39.5 Å². The maximum Gasteiger partial charge on any atom is 0.472 e. The normalized spacial score (nSPS) is 14.6. The Kier molecular flexibility index (Phi) is 67.6. The third kappa shape index (κ3) is 69.9.